The lowest BCUT2D eigenvalue weighted by molar-refractivity contribution is -0.130. The monoisotopic (exact) mass is 248 g/mol. The first-order valence-electron chi connectivity index (χ1n) is 6.64. The van der Waals surface area contributed by atoms with Gasteiger partial charge in [0, 0.05) is 38.4 Å². The second-order valence-corrected chi connectivity index (χ2v) is 4.56. The van der Waals surface area contributed by atoms with Gasteiger partial charge in [-0.05, 0) is 19.3 Å². The lowest BCUT2D eigenvalue weighted by Gasteiger charge is -2.20. The Morgan fingerprint density at radius 3 is 3.06 bits per heavy atom. The van der Waals surface area contributed by atoms with Crippen LogP contribution in [0.3, 0.4) is 0 Å². The maximum absolute atomic E-state index is 11.8. The van der Waals surface area contributed by atoms with Gasteiger partial charge in [0.15, 0.2) is 0 Å². The van der Waals surface area contributed by atoms with Crippen LogP contribution in [0.2, 0.25) is 0 Å². The number of anilines is 1. The lowest BCUT2D eigenvalue weighted by atomic mass is 10.2. The molecule has 1 amide bonds. The third kappa shape index (κ3) is 3.98. The van der Waals surface area contributed by atoms with Crippen LogP contribution in [-0.4, -0.2) is 40.4 Å². The van der Waals surface area contributed by atoms with Gasteiger partial charge in [-0.15, -0.1) is 0 Å². The zero-order chi connectivity index (χ0) is 12.6. The van der Waals surface area contributed by atoms with E-state index in [1.165, 1.54) is 6.42 Å². The number of nitrogens with one attached hydrogen (secondary N) is 1. The molecule has 1 aliphatic rings. The Bertz CT molecular complexity index is 369. The van der Waals surface area contributed by atoms with Gasteiger partial charge in [0.25, 0.3) is 0 Å². The van der Waals surface area contributed by atoms with E-state index in [2.05, 4.69) is 15.3 Å². The van der Waals surface area contributed by atoms with Crippen LogP contribution in [0, 0.1) is 0 Å². The summed E-state index contributed by atoms with van der Waals surface area (Å²) in [5, 5.41) is 3.20. The van der Waals surface area contributed by atoms with Gasteiger partial charge < -0.3 is 10.2 Å². The summed E-state index contributed by atoms with van der Waals surface area (Å²) < 4.78 is 0. The Morgan fingerprint density at radius 2 is 2.22 bits per heavy atom. The molecule has 18 heavy (non-hydrogen) atoms. The van der Waals surface area contributed by atoms with Crippen LogP contribution in [0.1, 0.15) is 32.1 Å². The van der Waals surface area contributed by atoms with Crippen molar-refractivity contribution in [3.63, 3.8) is 0 Å². The number of aromatic nitrogens is 2. The van der Waals surface area contributed by atoms with Gasteiger partial charge in [-0.2, -0.15) is 0 Å². The SMILES string of the molecule is O=C1CCCCCN1CCCNc1cnccn1. The average Bonchev–Trinajstić information content (AvgIpc) is 2.61. The fourth-order valence-electron chi connectivity index (χ4n) is 2.15. The quantitative estimate of drug-likeness (QED) is 0.805. The van der Waals surface area contributed by atoms with Crippen molar-refractivity contribution in [3.05, 3.63) is 18.6 Å². The molecule has 1 fully saturated rings. The maximum Gasteiger partial charge on any atom is 0.222 e. The molecule has 0 atom stereocenters. The van der Waals surface area contributed by atoms with Crippen molar-refractivity contribution in [2.45, 2.75) is 32.1 Å². The van der Waals surface area contributed by atoms with Crippen molar-refractivity contribution >= 4 is 11.7 Å². The summed E-state index contributed by atoms with van der Waals surface area (Å²) in [5.74, 6) is 1.10. The van der Waals surface area contributed by atoms with E-state index >= 15 is 0 Å². The van der Waals surface area contributed by atoms with Crippen molar-refractivity contribution in [1.82, 2.24) is 14.9 Å². The molecule has 0 unspecified atom stereocenters. The molecular formula is C13H20N4O. The van der Waals surface area contributed by atoms with Gasteiger partial charge in [-0.1, -0.05) is 6.42 Å². The Labute approximate surface area is 108 Å². The van der Waals surface area contributed by atoms with Crippen LogP contribution in [0.15, 0.2) is 18.6 Å². The number of nitrogens with zero attached hydrogens (tertiary/aromatic N) is 3. The van der Waals surface area contributed by atoms with E-state index < -0.39 is 0 Å². The molecule has 0 bridgehead atoms. The van der Waals surface area contributed by atoms with E-state index in [1.807, 2.05) is 4.90 Å². The average molecular weight is 248 g/mol. The van der Waals surface area contributed by atoms with Gasteiger partial charge >= 0.3 is 0 Å². The molecule has 1 N–H and O–H groups in total. The standard InChI is InChI=1S/C13H20N4O/c18-13-5-2-1-3-9-17(13)10-4-6-15-12-11-14-7-8-16-12/h7-8,11H,1-6,9-10H2,(H,15,16). The topological polar surface area (TPSA) is 58.1 Å². The summed E-state index contributed by atoms with van der Waals surface area (Å²) in [4.78, 5) is 21.9. The molecule has 98 valence electrons. The number of hydrogen-bond acceptors (Lipinski definition) is 4. The first-order chi connectivity index (χ1) is 8.86. The predicted octanol–water partition coefficient (Wildman–Crippen LogP) is 1.68. The molecule has 2 rings (SSSR count). The van der Waals surface area contributed by atoms with Crippen LogP contribution in [0.4, 0.5) is 5.82 Å². The number of carbonyl (C=O) groups is 1. The third-order valence-electron chi connectivity index (χ3n) is 3.15. The highest BCUT2D eigenvalue weighted by Crippen LogP contribution is 2.11. The second-order valence-electron chi connectivity index (χ2n) is 4.56. The Balaban J connectivity index is 1.67. The van der Waals surface area contributed by atoms with Crippen LogP contribution >= 0.6 is 0 Å². The molecule has 1 saturated heterocycles. The van der Waals surface area contributed by atoms with Gasteiger partial charge in [0.1, 0.15) is 5.82 Å². The lowest BCUT2D eigenvalue weighted by Crippen LogP contribution is -2.32. The molecule has 0 spiro atoms. The fraction of sp³-hybridized carbons (Fsp3) is 0.615. The molecule has 0 radical (unpaired) electrons. The molecule has 0 aromatic carbocycles. The number of amides is 1. The Kier molecular flexibility index (Phi) is 4.93. The minimum absolute atomic E-state index is 0.312. The van der Waals surface area contributed by atoms with Crippen LogP contribution < -0.4 is 5.32 Å². The van der Waals surface area contributed by atoms with Crippen LogP contribution in [-0.2, 0) is 4.79 Å². The summed E-state index contributed by atoms with van der Waals surface area (Å²) in [7, 11) is 0. The summed E-state index contributed by atoms with van der Waals surface area (Å²) in [6, 6.07) is 0. The molecule has 5 nitrogen and oxygen atoms in total. The highest BCUT2D eigenvalue weighted by molar-refractivity contribution is 5.76. The maximum atomic E-state index is 11.8. The Hall–Kier alpha value is -1.65. The first kappa shape index (κ1) is 12.8. The molecule has 5 heteroatoms. The van der Waals surface area contributed by atoms with Crippen molar-refractivity contribution in [2.24, 2.45) is 0 Å². The molecule has 2 heterocycles. The zero-order valence-electron chi connectivity index (χ0n) is 10.6. The van der Waals surface area contributed by atoms with Crippen molar-refractivity contribution in [1.29, 1.82) is 0 Å². The van der Waals surface area contributed by atoms with Gasteiger partial charge in [-0.25, -0.2) is 4.98 Å². The summed E-state index contributed by atoms with van der Waals surface area (Å²) in [6.45, 7) is 2.58. The zero-order valence-corrected chi connectivity index (χ0v) is 10.6. The number of hydrogen-bond donors (Lipinski definition) is 1. The highest BCUT2D eigenvalue weighted by atomic mass is 16.2. The van der Waals surface area contributed by atoms with E-state index in [0.29, 0.717) is 5.91 Å². The largest absolute Gasteiger partial charge is 0.369 e. The van der Waals surface area contributed by atoms with E-state index in [4.69, 9.17) is 0 Å². The van der Waals surface area contributed by atoms with Crippen molar-refractivity contribution < 1.29 is 4.79 Å². The van der Waals surface area contributed by atoms with Crippen molar-refractivity contribution in [3.8, 4) is 0 Å². The van der Waals surface area contributed by atoms with Gasteiger partial charge in [-0.3, -0.25) is 9.78 Å². The smallest absolute Gasteiger partial charge is 0.222 e. The summed E-state index contributed by atoms with van der Waals surface area (Å²) in [6.07, 6.45) is 10.1. The molecule has 1 aromatic heterocycles. The molecule has 1 aliphatic heterocycles. The van der Waals surface area contributed by atoms with Gasteiger partial charge in [0.2, 0.25) is 5.91 Å². The number of carbonyl (C=O) groups excluding carboxylic acids is 1. The fourth-order valence-corrected chi connectivity index (χ4v) is 2.15. The van der Waals surface area contributed by atoms with Crippen LogP contribution in [0.25, 0.3) is 0 Å². The molecule has 0 saturated carbocycles. The first-order valence-corrected chi connectivity index (χ1v) is 6.64. The highest BCUT2D eigenvalue weighted by Gasteiger charge is 2.15. The normalized spacial score (nSPS) is 16.4. The third-order valence-corrected chi connectivity index (χ3v) is 3.15. The van der Waals surface area contributed by atoms with Gasteiger partial charge in [0.05, 0.1) is 6.20 Å². The van der Waals surface area contributed by atoms with E-state index in [0.717, 1.165) is 51.1 Å². The minimum Gasteiger partial charge on any atom is -0.369 e. The molecule has 0 aliphatic carbocycles. The van der Waals surface area contributed by atoms with E-state index in [1.54, 1.807) is 18.6 Å². The minimum atomic E-state index is 0.312. The van der Waals surface area contributed by atoms with Crippen molar-refractivity contribution in [2.75, 3.05) is 25.0 Å². The summed E-state index contributed by atoms with van der Waals surface area (Å²) >= 11 is 0. The summed E-state index contributed by atoms with van der Waals surface area (Å²) in [5.41, 5.74) is 0. The van der Waals surface area contributed by atoms with E-state index in [9.17, 15) is 4.79 Å². The molecule has 1 aromatic rings. The molecular weight excluding hydrogens is 228 g/mol. The Morgan fingerprint density at radius 1 is 1.28 bits per heavy atom. The number of likely N-dealkylation sites (tertiary alicyclic amines) is 1. The van der Waals surface area contributed by atoms with Crippen LogP contribution in [0.5, 0.6) is 0 Å². The second kappa shape index (κ2) is 6.93. The predicted molar refractivity (Wildman–Crippen MR) is 70.2 cm³/mol. The van der Waals surface area contributed by atoms with E-state index in [-0.39, 0.29) is 0 Å². The number of rotatable bonds is 5.